The maximum Gasteiger partial charge on any atom is 0.298 e. The first kappa shape index (κ1) is 17.3. The van der Waals surface area contributed by atoms with Crippen LogP contribution in [0.1, 0.15) is 10.5 Å². The van der Waals surface area contributed by atoms with E-state index in [-0.39, 0.29) is 36.3 Å². The van der Waals surface area contributed by atoms with E-state index >= 15 is 0 Å². The average Bonchev–Trinajstić information content (AvgIpc) is 3.30. The van der Waals surface area contributed by atoms with E-state index in [1.807, 2.05) is 0 Å². The van der Waals surface area contributed by atoms with Crippen LogP contribution in [0, 0.1) is 0 Å². The number of rotatable bonds is 4. The van der Waals surface area contributed by atoms with Crippen molar-refractivity contribution in [1.82, 2.24) is 15.2 Å². The van der Waals surface area contributed by atoms with Crippen LogP contribution in [0.2, 0.25) is 0 Å². The molecule has 1 aliphatic heterocycles. The minimum atomic E-state index is -3.01. The first-order valence-electron chi connectivity index (χ1n) is 8.19. The summed E-state index contributed by atoms with van der Waals surface area (Å²) in [7, 11) is -1.50. The van der Waals surface area contributed by atoms with Crippen LogP contribution in [-0.2, 0) is 9.84 Å². The third-order valence-electron chi connectivity index (χ3n) is 4.34. The highest BCUT2D eigenvalue weighted by Gasteiger charge is 2.25. The number of hydrogen-bond donors (Lipinski definition) is 2. The van der Waals surface area contributed by atoms with E-state index in [1.165, 1.54) is 13.4 Å². The Hall–Kier alpha value is -3.08. The minimum absolute atomic E-state index is 0.0405. The number of nitrogens with one attached hydrogen (secondary N) is 2. The number of H-pyrrole nitrogens is 1. The molecule has 3 heterocycles. The standard InChI is InChI=1S/C16H17N5O5S/c1-25-14-7-11-10(8-17-20-11)6-12(14)18-15(22)13-9-26-16(19-13)21-2-4-27(23,24)5-3-21/h6-9H,2-5H2,1H3,(H,17,20)(H,18,22). The highest BCUT2D eigenvalue weighted by Crippen LogP contribution is 2.29. The molecule has 0 unspecified atom stereocenters. The third kappa shape index (κ3) is 3.45. The van der Waals surface area contributed by atoms with Gasteiger partial charge in [0, 0.05) is 30.7 Å². The van der Waals surface area contributed by atoms with E-state index in [4.69, 9.17) is 9.15 Å². The van der Waals surface area contributed by atoms with Gasteiger partial charge in [-0.1, -0.05) is 0 Å². The van der Waals surface area contributed by atoms with Gasteiger partial charge in [-0.25, -0.2) is 8.42 Å². The Labute approximate surface area is 154 Å². The summed E-state index contributed by atoms with van der Waals surface area (Å²) in [6, 6.07) is 3.68. The van der Waals surface area contributed by atoms with Crippen LogP contribution >= 0.6 is 0 Å². The molecule has 10 nitrogen and oxygen atoms in total. The lowest BCUT2D eigenvalue weighted by molar-refractivity contribution is 0.102. The van der Waals surface area contributed by atoms with Crippen molar-refractivity contribution in [2.45, 2.75) is 0 Å². The van der Waals surface area contributed by atoms with Gasteiger partial charge >= 0.3 is 0 Å². The summed E-state index contributed by atoms with van der Waals surface area (Å²) in [5.41, 5.74) is 1.28. The van der Waals surface area contributed by atoms with Crippen LogP contribution in [0.25, 0.3) is 10.9 Å². The number of carbonyl (C=O) groups excluding carboxylic acids is 1. The minimum Gasteiger partial charge on any atom is -0.494 e. The fourth-order valence-electron chi connectivity index (χ4n) is 2.84. The summed E-state index contributed by atoms with van der Waals surface area (Å²) in [6.07, 6.45) is 2.96. The number of ether oxygens (including phenoxy) is 1. The van der Waals surface area contributed by atoms with Gasteiger partial charge in [0.25, 0.3) is 11.9 Å². The number of aromatic amines is 1. The molecular formula is C16H17N5O5S. The first-order valence-corrected chi connectivity index (χ1v) is 10.0. The fraction of sp³-hybridized carbons (Fsp3) is 0.312. The maximum atomic E-state index is 12.5. The molecule has 1 fully saturated rings. The van der Waals surface area contributed by atoms with Crippen molar-refractivity contribution in [1.29, 1.82) is 0 Å². The highest BCUT2D eigenvalue weighted by molar-refractivity contribution is 7.91. The van der Waals surface area contributed by atoms with Crippen molar-refractivity contribution in [2.75, 3.05) is 41.9 Å². The van der Waals surface area contributed by atoms with Crippen LogP contribution in [0.4, 0.5) is 11.7 Å². The number of anilines is 2. The van der Waals surface area contributed by atoms with Gasteiger partial charge < -0.3 is 19.4 Å². The van der Waals surface area contributed by atoms with Gasteiger partial charge in [-0.3, -0.25) is 9.89 Å². The molecule has 0 spiro atoms. The Morgan fingerprint density at radius 2 is 2.11 bits per heavy atom. The second-order valence-electron chi connectivity index (χ2n) is 6.10. The Balaban J connectivity index is 1.52. The monoisotopic (exact) mass is 391 g/mol. The largest absolute Gasteiger partial charge is 0.494 e. The van der Waals surface area contributed by atoms with Gasteiger partial charge in [0.05, 0.1) is 29.8 Å². The summed E-state index contributed by atoms with van der Waals surface area (Å²) in [6.45, 7) is 0.573. The molecule has 1 aromatic carbocycles. The lowest BCUT2D eigenvalue weighted by Crippen LogP contribution is -2.40. The third-order valence-corrected chi connectivity index (χ3v) is 5.95. The number of sulfone groups is 1. The topological polar surface area (TPSA) is 130 Å². The average molecular weight is 391 g/mol. The number of methoxy groups -OCH3 is 1. The van der Waals surface area contributed by atoms with Crippen LogP contribution in [0.5, 0.6) is 5.75 Å². The van der Waals surface area contributed by atoms with Crippen molar-refractivity contribution < 1.29 is 22.4 Å². The Bertz CT molecular complexity index is 1090. The Kier molecular flexibility index (Phi) is 4.22. The molecule has 27 heavy (non-hydrogen) atoms. The van der Waals surface area contributed by atoms with Gasteiger partial charge in [-0.05, 0) is 6.07 Å². The zero-order valence-electron chi connectivity index (χ0n) is 14.4. The molecule has 3 aromatic rings. The molecule has 0 atom stereocenters. The molecule has 2 N–H and O–H groups in total. The molecule has 1 aliphatic rings. The number of aromatic nitrogens is 3. The number of carbonyl (C=O) groups is 1. The molecular weight excluding hydrogens is 374 g/mol. The van der Waals surface area contributed by atoms with E-state index in [2.05, 4.69) is 20.5 Å². The number of benzene rings is 1. The van der Waals surface area contributed by atoms with Crippen molar-refractivity contribution in [3.05, 3.63) is 30.3 Å². The second kappa shape index (κ2) is 6.58. The number of amides is 1. The van der Waals surface area contributed by atoms with Gasteiger partial charge in [0.15, 0.2) is 15.5 Å². The van der Waals surface area contributed by atoms with Gasteiger partial charge in [-0.2, -0.15) is 10.1 Å². The maximum absolute atomic E-state index is 12.5. The zero-order chi connectivity index (χ0) is 19.0. The zero-order valence-corrected chi connectivity index (χ0v) is 15.2. The fourth-order valence-corrected chi connectivity index (χ4v) is 4.04. The molecule has 0 bridgehead atoms. The van der Waals surface area contributed by atoms with Gasteiger partial charge in [0.1, 0.15) is 12.0 Å². The number of nitrogens with zero attached hydrogens (tertiary/aromatic N) is 3. The van der Waals surface area contributed by atoms with E-state index in [9.17, 15) is 13.2 Å². The molecule has 1 amide bonds. The molecule has 142 valence electrons. The Morgan fingerprint density at radius 3 is 2.85 bits per heavy atom. The summed E-state index contributed by atoms with van der Waals surface area (Å²) < 4.78 is 33.7. The van der Waals surface area contributed by atoms with Crippen LogP contribution in [-0.4, -0.2) is 61.2 Å². The van der Waals surface area contributed by atoms with Gasteiger partial charge in [-0.15, -0.1) is 0 Å². The van der Waals surface area contributed by atoms with E-state index in [0.29, 0.717) is 17.0 Å². The normalized spacial score (nSPS) is 16.4. The van der Waals surface area contributed by atoms with Crippen LogP contribution < -0.4 is 15.0 Å². The molecule has 0 aliphatic carbocycles. The molecule has 0 saturated carbocycles. The summed E-state index contributed by atoms with van der Waals surface area (Å²) in [5.74, 6) is 0.0844. The molecule has 0 radical (unpaired) electrons. The van der Waals surface area contributed by atoms with E-state index < -0.39 is 15.7 Å². The van der Waals surface area contributed by atoms with Crippen molar-refractivity contribution >= 4 is 38.3 Å². The lowest BCUT2D eigenvalue weighted by atomic mass is 10.2. The number of oxazole rings is 1. The van der Waals surface area contributed by atoms with Crippen molar-refractivity contribution in [3.8, 4) is 5.75 Å². The van der Waals surface area contributed by atoms with Crippen LogP contribution in [0.15, 0.2) is 29.0 Å². The van der Waals surface area contributed by atoms with E-state index in [0.717, 1.165) is 5.39 Å². The van der Waals surface area contributed by atoms with Crippen molar-refractivity contribution in [2.24, 2.45) is 0 Å². The predicted molar refractivity (Wildman–Crippen MR) is 98.0 cm³/mol. The van der Waals surface area contributed by atoms with E-state index in [1.54, 1.807) is 23.2 Å². The number of fused-ring (bicyclic) bond motifs is 1. The Morgan fingerprint density at radius 1 is 1.33 bits per heavy atom. The smallest absolute Gasteiger partial charge is 0.298 e. The quantitative estimate of drug-likeness (QED) is 0.675. The lowest BCUT2D eigenvalue weighted by Gasteiger charge is -2.24. The summed E-state index contributed by atoms with van der Waals surface area (Å²) in [5, 5.41) is 10.4. The van der Waals surface area contributed by atoms with Crippen LogP contribution in [0.3, 0.4) is 0 Å². The molecule has 2 aromatic heterocycles. The summed E-state index contributed by atoms with van der Waals surface area (Å²) in [4.78, 5) is 18.4. The van der Waals surface area contributed by atoms with Crippen molar-refractivity contribution in [3.63, 3.8) is 0 Å². The number of hydrogen-bond acceptors (Lipinski definition) is 8. The summed E-state index contributed by atoms with van der Waals surface area (Å²) >= 11 is 0. The SMILES string of the molecule is COc1cc2n[nH]cc2cc1NC(=O)c1coc(N2CCS(=O)(=O)CC2)n1. The molecule has 11 heteroatoms. The molecule has 1 saturated heterocycles. The first-order chi connectivity index (χ1) is 12.9. The second-order valence-corrected chi connectivity index (χ2v) is 8.41. The molecule has 4 rings (SSSR count). The highest BCUT2D eigenvalue weighted by atomic mass is 32.2. The predicted octanol–water partition coefficient (Wildman–Crippen LogP) is 1.05. The van der Waals surface area contributed by atoms with Gasteiger partial charge in [0.2, 0.25) is 0 Å².